The van der Waals surface area contributed by atoms with Gasteiger partial charge in [-0.1, -0.05) is 17.7 Å². The number of hydrogen-bond acceptors (Lipinski definition) is 5. The molecule has 0 bridgehead atoms. The quantitative estimate of drug-likeness (QED) is 0.786. The normalized spacial score (nSPS) is 13.1. The van der Waals surface area contributed by atoms with Crippen LogP contribution in [0.15, 0.2) is 18.2 Å². The topological polar surface area (TPSA) is 75.7 Å². The maximum atomic E-state index is 14.0. The van der Waals surface area contributed by atoms with E-state index in [1.54, 1.807) is 4.90 Å². The van der Waals surface area contributed by atoms with Crippen LogP contribution in [0.3, 0.4) is 0 Å². The van der Waals surface area contributed by atoms with Crippen LogP contribution in [0.1, 0.15) is 38.1 Å². The van der Waals surface area contributed by atoms with Crippen molar-refractivity contribution in [1.29, 1.82) is 0 Å². The Labute approximate surface area is 163 Å². The van der Waals surface area contributed by atoms with Gasteiger partial charge < -0.3 is 15.0 Å². The van der Waals surface area contributed by atoms with Gasteiger partial charge in [0.2, 0.25) is 5.91 Å². The number of nitrogens with zero attached hydrogens (tertiary/aromatic N) is 1. The molecule has 2 aromatic rings. The SMILES string of the molecule is COC(=O)c1c(NC(=O)c2c(F)cccc2Cl)sc2c1CCN(C(C)=O)C2. The largest absolute Gasteiger partial charge is 0.465 e. The zero-order valence-electron chi connectivity index (χ0n) is 14.6. The predicted molar refractivity (Wildman–Crippen MR) is 99.8 cm³/mol. The van der Waals surface area contributed by atoms with Crippen molar-refractivity contribution in [3.8, 4) is 0 Å². The third-order valence-corrected chi connectivity index (χ3v) is 5.76. The molecular formula is C18H16ClFN2O4S. The maximum Gasteiger partial charge on any atom is 0.341 e. The van der Waals surface area contributed by atoms with Gasteiger partial charge in [0.1, 0.15) is 10.8 Å². The Morgan fingerprint density at radius 2 is 2.04 bits per heavy atom. The van der Waals surface area contributed by atoms with Gasteiger partial charge in [0.05, 0.1) is 29.8 Å². The highest BCUT2D eigenvalue weighted by Crippen LogP contribution is 2.38. The van der Waals surface area contributed by atoms with Crippen molar-refractivity contribution in [2.24, 2.45) is 0 Å². The minimum atomic E-state index is -0.760. The molecule has 0 spiro atoms. The van der Waals surface area contributed by atoms with E-state index < -0.39 is 17.7 Å². The zero-order valence-corrected chi connectivity index (χ0v) is 16.2. The van der Waals surface area contributed by atoms with Crippen LogP contribution < -0.4 is 5.32 Å². The molecule has 0 radical (unpaired) electrons. The molecule has 2 amide bonds. The first-order valence-electron chi connectivity index (χ1n) is 8.07. The highest BCUT2D eigenvalue weighted by Gasteiger charge is 2.30. The average Bonchev–Trinajstić information content (AvgIpc) is 2.97. The van der Waals surface area contributed by atoms with Crippen LogP contribution in [0.4, 0.5) is 9.39 Å². The van der Waals surface area contributed by atoms with E-state index in [-0.39, 0.29) is 27.1 Å². The lowest BCUT2D eigenvalue weighted by Crippen LogP contribution is -2.33. The van der Waals surface area contributed by atoms with Crippen molar-refractivity contribution in [3.63, 3.8) is 0 Å². The van der Waals surface area contributed by atoms with Crippen LogP contribution in [0.2, 0.25) is 5.02 Å². The van der Waals surface area contributed by atoms with Crippen LogP contribution in [0.5, 0.6) is 0 Å². The number of methoxy groups -OCH3 is 1. The van der Waals surface area contributed by atoms with Gasteiger partial charge in [-0.3, -0.25) is 9.59 Å². The van der Waals surface area contributed by atoms with E-state index in [1.807, 2.05) is 0 Å². The summed E-state index contributed by atoms with van der Waals surface area (Å²) in [6, 6.07) is 3.94. The van der Waals surface area contributed by atoms with Crippen LogP contribution in [0, 0.1) is 5.82 Å². The molecule has 6 nitrogen and oxygen atoms in total. The van der Waals surface area contributed by atoms with Crippen LogP contribution in [-0.2, 0) is 22.5 Å². The van der Waals surface area contributed by atoms with Gasteiger partial charge in [-0.2, -0.15) is 0 Å². The third-order valence-electron chi connectivity index (χ3n) is 4.31. The number of halogens is 2. The molecule has 1 aliphatic heterocycles. The first-order valence-corrected chi connectivity index (χ1v) is 9.26. The standard InChI is InChI=1S/C18H16ClFN2O4S/c1-9(23)22-7-6-10-13(8-22)27-17(14(10)18(25)26-2)21-16(24)15-11(19)4-3-5-12(15)20/h3-5H,6-8H2,1-2H3,(H,21,24). The summed E-state index contributed by atoms with van der Waals surface area (Å²) in [5, 5.41) is 2.80. The predicted octanol–water partition coefficient (Wildman–Crippen LogP) is 3.48. The second-order valence-electron chi connectivity index (χ2n) is 5.94. The molecule has 0 fully saturated rings. The fraction of sp³-hybridized carbons (Fsp3) is 0.278. The fourth-order valence-electron chi connectivity index (χ4n) is 2.96. The molecule has 0 atom stereocenters. The van der Waals surface area contributed by atoms with Crippen LogP contribution in [-0.4, -0.2) is 36.3 Å². The van der Waals surface area contributed by atoms with Gasteiger partial charge in [0, 0.05) is 18.3 Å². The highest BCUT2D eigenvalue weighted by molar-refractivity contribution is 7.17. The van der Waals surface area contributed by atoms with Crippen LogP contribution >= 0.6 is 22.9 Å². The van der Waals surface area contributed by atoms with E-state index in [9.17, 15) is 18.8 Å². The first kappa shape index (κ1) is 19.3. The van der Waals surface area contributed by atoms with E-state index >= 15 is 0 Å². The Hall–Kier alpha value is -2.45. The van der Waals surface area contributed by atoms with Crippen molar-refractivity contribution in [2.75, 3.05) is 19.0 Å². The molecule has 0 aliphatic carbocycles. The number of esters is 1. The molecule has 27 heavy (non-hydrogen) atoms. The number of carbonyl (C=O) groups excluding carboxylic acids is 3. The number of thiophene rings is 1. The Balaban J connectivity index is 1.99. The zero-order chi connectivity index (χ0) is 19.7. The van der Waals surface area contributed by atoms with Crippen molar-refractivity contribution in [1.82, 2.24) is 4.90 Å². The van der Waals surface area contributed by atoms with Gasteiger partial charge in [-0.15, -0.1) is 11.3 Å². The summed E-state index contributed by atoms with van der Waals surface area (Å²) in [6.07, 6.45) is 0.464. The first-order chi connectivity index (χ1) is 12.8. The number of amides is 2. The molecule has 9 heteroatoms. The monoisotopic (exact) mass is 410 g/mol. The summed E-state index contributed by atoms with van der Waals surface area (Å²) >= 11 is 7.11. The van der Waals surface area contributed by atoms with Crippen LogP contribution in [0.25, 0.3) is 0 Å². The summed E-state index contributed by atoms with van der Waals surface area (Å²) < 4.78 is 18.9. The van der Waals surface area contributed by atoms with Crippen molar-refractivity contribution in [3.05, 3.63) is 50.6 Å². The smallest absolute Gasteiger partial charge is 0.341 e. The Bertz CT molecular complexity index is 923. The lowest BCUT2D eigenvalue weighted by atomic mass is 10.0. The molecule has 1 N–H and O–H groups in total. The summed E-state index contributed by atoms with van der Waals surface area (Å²) in [6.45, 7) is 2.29. The van der Waals surface area contributed by atoms with Gasteiger partial charge >= 0.3 is 5.97 Å². The molecule has 0 unspecified atom stereocenters. The molecule has 1 aromatic heterocycles. The number of benzene rings is 1. The molecule has 1 aromatic carbocycles. The van der Waals surface area contributed by atoms with E-state index in [2.05, 4.69) is 5.32 Å². The van der Waals surface area contributed by atoms with Gasteiger partial charge in [-0.05, 0) is 24.1 Å². The Morgan fingerprint density at radius 3 is 2.67 bits per heavy atom. The van der Waals surface area contributed by atoms with E-state index in [1.165, 1.54) is 37.5 Å². The molecule has 0 saturated heterocycles. The maximum absolute atomic E-state index is 14.0. The van der Waals surface area contributed by atoms with Gasteiger partial charge in [0.15, 0.2) is 0 Å². The Kier molecular flexibility index (Phi) is 5.48. The number of hydrogen-bond donors (Lipinski definition) is 1. The summed E-state index contributed by atoms with van der Waals surface area (Å²) in [7, 11) is 1.25. The molecule has 0 saturated carbocycles. The fourth-order valence-corrected chi connectivity index (χ4v) is 4.45. The summed E-state index contributed by atoms with van der Waals surface area (Å²) in [4.78, 5) is 38.9. The van der Waals surface area contributed by atoms with Crippen molar-refractivity contribution >= 4 is 45.7 Å². The number of carbonyl (C=O) groups is 3. The van der Waals surface area contributed by atoms with E-state index in [0.29, 0.717) is 19.5 Å². The second kappa shape index (κ2) is 7.66. The lowest BCUT2D eigenvalue weighted by Gasteiger charge is -2.25. The molecule has 1 aliphatic rings. The third kappa shape index (κ3) is 3.68. The minimum absolute atomic E-state index is 0.0313. The average molecular weight is 411 g/mol. The van der Waals surface area contributed by atoms with Gasteiger partial charge in [-0.25, -0.2) is 9.18 Å². The van der Waals surface area contributed by atoms with E-state index in [4.69, 9.17) is 16.3 Å². The van der Waals surface area contributed by atoms with Crippen molar-refractivity contribution < 1.29 is 23.5 Å². The highest BCUT2D eigenvalue weighted by atomic mass is 35.5. The van der Waals surface area contributed by atoms with Gasteiger partial charge in [0.25, 0.3) is 5.91 Å². The number of fused-ring (bicyclic) bond motifs is 1. The molecule has 2 heterocycles. The van der Waals surface area contributed by atoms with E-state index in [0.717, 1.165) is 16.5 Å². The molecular weight excluding hydrogens is 395 g/mol. The number of ether oxygens (including phenoxy) is 1. The summed E-state index contributed by atoms with van der Waals surface area (Å²) in [5.74, 6) is -2.19. The lowest BCUT2D eigenvalue weighted by molar-refractivity contribution is -0.129. The number of rotatable bonds is 3. The van der Waals surface area contributed by atoms with Crippen molar-refractivity contribution in [2.45, 2.75) is 19.9 Å². The second-order valence-corrected chi connectivity index (χ2v) is 7.45. The molecule has 142 valence electrons. The molecule has 3 rings (SSSR count). The minimum Gasteiger partial charge on any atom is -0.465 e. The number of anilines is 1. The summed E-state index contributed by atoms with van der Waals surface area (Å²) in [5.41, 5.74) is 0.674. The number of nitrogens with one attached hydrogen (secondary N) is 1. The Morgan fingerprint density at radius 1 is 1.30 bits per heavy atom.